The van der Waals surface area contributed by atoms with Crippen LogP contribution in [-0.4, -0.2) is 37.2 Å². The first-order valence-electron chi connectivity index (χ1n) is 14.5. The molecule has 1 aromatic carbocycles. The fraction of sp³-hybridized carbons (Fsp3) is 0.742. The lowest BCUT2D eigenvalue weighted by molar-refractivity contribution is -0.160. The molecule has 6 heteroatoms. The Morgan fingerprint density at radius 3 is 2.46 bits per heavy atom. The molecule has 0 aliphatic heterocycles. The lowest BCUT2D eigenvalue weighted by atomic mass is 9.55. The van der Waals surface area contributed by atoms with Crippen molar-refractivity contribution in [3.8, 4) is 5.75 Å². The van der Waals surface area contributed by atoms with E-state index >= 15 is 0 Å². The smallest absolute Gasteiger partial charge is 0.328 e. The number of benzene rings is 1. The molecule has 1 aromatic rings. The van der Waals surface area contributed by atoms with Gasteiger partial charge in [-0.25, -0.2) is 4.79 Å². The molecule has 3 aliphatic rings. The summed E-state index contributed by atoms with van der Waals surface area (Å²) in [5.74, 6) is 2.66. The lowest BCUT2D eigenvalue weighted by Gasteiger charge is -2.50. The number of hydrogen-bond acceptors (Lipinski definition) is 6. The van der Waals surface area contributed by atoms with E-state index in [9.17, 15) is 9.59 Å². The minimum atomic E-state index is -0.588. The first-order valence-corrected chi connectivity index (χ1v) is 14.5. The number of aryl methyl sites for hydroxylation is 1. The molecule has 0 heterocycles. The van der Waals surface area contributed by atoms with E-state index in [4.69, 9.17) is 15.2 Å². The Balaban J connectivity index is 1.43. The predicted molar refractivity (Wildman–Crippen MR) is 146 cm³/mol. The number of carbonyl (C=O) groups excluding carboxylic acids is 2. The Bertz CT molecular complexity index is 976. The molecule has 0 radical (unpaired) electrons. The van der Waals surface area contributed by atoms with E-state index in [2.05, 4.69) is 52.1 Å². The highest BCUT2D eigenvalue weighted by Crippen LogP contribution is 2.61. The second-order valence-electron chi connectivity index (χ2n) is 13.0. The molecule has 37 heavy (non-hydrogen) atoms. The average Bonchev–Trinajstić information content (AvgIpc) is 3.17. The van der Waals surface area contributed by atoms with Gasteiger partial charge in [0, 0.05) is 5.41 Å². The number of ether oxygens (including phenoxy) is 2. The van der Waals surface area contributed by atoms with Crippen LogP contribution in [0.4, 0.5) is 0 Å². The summed E-state index contributed by atoms with van der Waals surface area (Å²) in [6, 6.07) is 5.37. The van der Waals surface area contributed by atoms with Gasteiger partial charge in [-0.2, -0.15) is 0 Å². The van der Waals surface area contributed by atoms with Crippen molar-refractivity contribution in [3.05, 3.63) is 29.3 Å². The lowest BCUT2D eigenvalue weighted by Crippen LogP contribution is -2.47. The molecule has 3 aliphatic carbocycles. The van der Waals surface area contributed by atoms with E-state index in [0.717, 1.165) is 44.9 Å². The van der Waals surface area contributed by atoms with Crippen LogP contribution in [0, 0.1) is 29.1 Å². The van der Waals surface area contributed by atoms with E-state index in [-0.39, 0.29) is 29.5 Å². The molecule has 3 N–H and O–H groups in total. The van der Waals surface area contributed by atoms with E-state index in [0.29, 0.717) is 41.8 Å². The van der Waals surface area contributed by atoms with Gasteiger partial charge in [0.2, 0.25) is 0 Å². The monoisotopic (exact) mass is 512 g/mol. The molecule has 0 bridgehead atoms. The van der Waals surface area contributed by atoms with Crippen LogP contribution < -0.4 is 15.8 Å². The van der Waals surface area contributed by atoms with Crippen molar-refractivity contribution in [1.29, 1.82) is 0 Å². The van der Waals surface area contributed by atoms with Gasteiger partial charge in [-0.15, -0.1) is 0 Å². The summed E-state index contributed by atoms with van der Waals surface area (Å²) in [6.07, 6.45) is 7.83. The Labute approximate surface area is 223 Å². The van der Waals surface area contributed by atoms with E-state index in [1.807, 2.05) is 13.1 Å². The van der Waals surface area contributed by atoms with Crippen LogP contribution in [0.15, 0.2) is 18.2 Å². The number of fused-ring (bicyclic) bond motifs is 5. The normalized spacial score (nSPS) is 30.3. The van der Waals surface area contributed by atoms with Crippen LogP contribution >= 0.6 is 0 Å². The van der Waals surface area contributed by atoms with Gasteiger partial charge >= 0.3 is 11.9 Å². The number of carbonyl (C=O) groups is 2. The molecule has 0 spiro atoms. The molecule has 2 saturated carbocycles. The third-order valence-corrected chi connectivity index (χ3v) is 9.46. The van der Waals surface area contributed by atoms with Crippen LogP contribution in [-0.2, 0) is 20.7 Å². The second-order valence-corrected chi connectivity index (χ2v) is 13.0. The van der Waals surface area contributed by atoms with Gasteiger partial charge in [0.15, 0.2) is 0 Å². The summed E-state index contributed by atoms with van der Waals surface area (Å²) in [7, 11) is 1.85. The molecular weight excluding hydrogens is 464 g/mol. The average molecular weight is 513 g/mol. The summed E-state index contributed by atoms with van der Waals surface area (Å²) in [5, 5.41) is 3.17. The largest absolute Gasteiger partial charge is 0.461 e. The van der Waals surface area contributed by atoms with Crippen molar-refractivity contribution in [1.82, 2.24) is 5.32 Å². The van der Waals surface area contributed by atoms with Crippen molar-refractivity contribution in [2.75, 3.05) is 7.05 Å². The van der Waals surface area contributed by atoms with E-state index < -0.39 is 6.04 Å². The number of esters is 2. The van der Waals surface area contributed by atoms with Crippen LogP contribution in [0.5, 0.6) is 5.75 Å². The van der Waals surface area contributed by atoms with Gasteiger partial charge in [-0.1, -0.05) is 40.7 Å². The summed E-state index contributed by atoms with van der Waals surface area (Å²) in [5.41, 5.74) is 8.80. The summed E-state index contributed by atoms with van der Waals surface area (Å²) < 4.78 is 11.9. The highest BCUT2D eigenvalue weighted by atomic mass is 16.5. The zero-order chi connectivity index (χ0) is 26.9. The quantitative estimate of drug-likeness (QED) is 0.342. The molecule has 7 atom stereocenters. The maximum absolute atomic E-state index is 13.0. The first-order chi connectivity index (χ1) is 17.5. The topological polar surface area (TPSA) is 90.6 Å². The van der Waals surface area contributed by atoms with Gasteiger partial charge in [0.05, 0.1) is 0 Å². The Kier molecular flexibility index (Phi) is 8.69. The van der Waals surface area contributed by atoms with E-state index in [1.54, 1.807) is 0 Å². The number of likely N-dealkylation sites (N-methyl/N-ethyl adjacent to an activating group) is 1. The molecular formula is C31H48N2O4. The van der Waals surface area contributed by atoms with Gasteiger partial charge < -0.3 is 20.5 Å². The van der Waals surface area contributed by atoms with Gasteiger partial charge in [0.1, 0.15) is 23.9 Å². The van der Waals surface area contributed by atoms with Crippen molar-refractivity contribution in [2.24, 2.45) is 34.8 Å². The number of rotatable bonds is 9. The van der Waals surface area contributed by atoms with Crippen LogP contribution in [0.25, 0.3) is 0 Å². The zero-order valence-corrected chi connectivity index (χ0v) is 23.7. The van der Waals surface area contributed by atoms with Crippen molar-refractivity contribution < 1.29 is 19.1 Å². The van der Waals surface area contributed by atoms with Gasteiger partial charge in [-0.3, -0.25) is 4.79 Å². The maximum atomic E-state index is 13.0. The molecule has 206 valence electrons. The number of hydrogen-bond donors (Lipinski definition) is 2. The predicted octanol–water partition coefficient (Wildman–Crippen LogP) is 5.37. The van der Waals surface area contributed by atoms with Crippen LogP contribution in [0.3, 0.4) is 0 Å². The second kappa shape index (κ2) is 11.4. The van der Waals surface area contributed by atoms with Crippen molar-refractivity contribution in [3.63, 3.8) is 0 Å². The zero-order valence-electron chi connectivity index (χ0n) is 23.7. The fourth-order valence-electron chi connectivity index (χ4n) is 7.59. The Morgan fingerprint density at radius 2 is 1.78 bits per heavy atom. The molecule has 0 amide bonds. The molecule has 6 nitrogen and oxygen atoms in total. The maximum Gasteiger partial charge on any atom is 0.328 e. The Hall–Kier alpha value is -1.92. The standard InChI is InChI=1S/C31H48N2O4/c1-18(2)15-26(32)29(34)36-21-8-10-22-20(17-21)7-9-24-23(22)13-14-31(5)25(24)11-12-28(31)37-30(35)27(33-6)16-19(3)4/h8,10,17-19,23-28,33H,7,9,11-16,32H2,1-6H3/t23?,24?,25?,26-,27+,28-,31-/m0/s1. The number of nitrogens with two attached hydrogens (primary N) is 1. The molecule has 2 fully saturated rings. The minimum absolute atomic E-state index is 0.00666. The molecule has 0 aromatic heterocycles. The summed E-state index contributed by atoms with van der Waals surface area (Å²) in [6.45, 7) is 10.8. The number of nitrogens with one attached hydrogen (secondary N) is 1. The summed E-state index contributed by atoms with van der Waals surface area (Å²) >= 11 is 0. The van der Waals surface area contributed by atoms with Crippen molar-refractivity contribution in [2.45, 2.75) is 110 Å². The third-order valence-electron chi connectivity index (χ3n) is 9.46. The summed E-state index contributed by atoms with van der Waals surface area (Å²) in [4.78, 5) is 25.4. The highest BCUT2D eigenvalue weighted by Gasteiger charge is 2.56. The molecule has 3 unspecified atom stereocenters. The first kappa shape index (κ1) is 28.1. The van der Waals surface area contributed by atoms with Crippen LogP contribution in [0.2, 0.25) is 0 Å². The van der Waals surface area contributed by atoms with E-state index in [1.165, 1.54) is 11.1 Å². The highest BCUT2D eigenvalue weighted by molar-refractivity contribution is 5.78. The SMILES string of the molecule is CN[C@H](CC(C)C)C(=O)O[C@H]1CCC2C3CCc4cc(OC(=O)[C@@H](N)CC(C)C)ccc4C3CC[C@@]21C. The third kappa shape index (κ3) is 5.90. The Morgan fingerprint density at radius 1 is 1.05 bits per heavy atom. The fourth-order valence-corrected chi connectivity index (χ4v) is 7.59. The molecule has 0 saturated heterocycles. The van der Waals surface area contributed by atoms with Gasteiger partial charge in [-0.05, 0) is 111 Å². The molecule has 4 rings (SSSR count). The van der Waals surface area contributed by atoms with Crippen molar-refractivity contribution >= 4 is 11.9 Å². The minimum Gasteiger partial charge on any atom is -0.461 e. The van der Waals surface area contributed by atoms with Gasteiger partial charge in [0.25, 0.3) is 0 Å². The van der Waals surface area contributed by atoms with Crippen LogP contribution in [0.1, 0.15) is 96.6 Å².